The Morgan fingerprint density at radius 3 is 1.88 bits per heavy atom. The fourth-order valence-corrected chi connectivity index (χ4v) is 0.249. The van der Waals surface area contributed by atoms with Crippen molar-refractivity contribution in [2.75, 3.05) is 6.54 Å². The van der Waals surface area contributed by atoms with E-state index in [1.165, 1.54) is 0 Å². The van der Waals surface area contributed by atoms with Gasteiger partial charge in [-0.15, -0.1) is 24.8 Å². The third-order valence-electron chi connectivity index (χ3n) is 0.408. The van der Waals surface area contributed by atoms with Gasteiger partial charge in [0.25, 0.3) is 0 Å². The summed E-state index contributed by atoms with van der Waals surface area (Å²) in [5.74, 6) is 0.664. The molecule has 0 radical (unpaired) electrons. The van der Waals surface area contributed by atoms with Crippen LogP contribution in [0.3, 0.4) is 0 Å². The lowest BCUT2D eigenvalue weighted by molar-refractivity contribution is 1.12. The molecule has 0 aliphatic carbocycles. The normalized spacial score (nSPS) is 9.00. The van der Waals surface area contributed by atoms with Gasteiger partial charge in [-0.2, -0.15) is 0 Å². The van der Waals surface area contributed by atoms with Crippen LogP contribution in [0, 0.1) is 0 Å². The first kappa shape index (κ1) is 15.7. The lowest BCUT2D eigenvalue weighted by atomic mass is 10.7. The summed E-state index contributed by atoms with van der Waals surface area (Å²) in [4.78, 5) is 3.82. The van der Waals surface area contributed by atoms with E-state index in [0.717, 1.165) is 6.54 Å². The number of nitrogens with zero attached hydrogens (tertiary/aromatic N) is 1. The van der Waals surface area contributed by atoms with E-state index < -0.39 is 0 Å². The van der Waals surface area contributed by atoms with Gasteiger partial charge in [-0.25, -0.2) is 0 Å². The van der Waals surface area contributed by atoms with E-state index in [-0.39, 0.29) is 24.8 Å². The lowest BCUT2D eigenvalue weighted by Crippen LogP contribution is -2.04. The molecule has 0 aromatic heterocycles. The van der Waals surface area contributed by atoms with Crippen molar-refractivity contribution in [3.05, 3.63) is 0 Å². The van der Waals surface area contributed by atoms with Gasteiger partial charge in [0.2, 0.25) is 0 Å². The molecule has 0 atom stereocenters. The number of amidine groups is 1. The van der Waals surface area contributed by atoms with Crippen molar-refractivity contribution in [3.63, 3.8) is 0 Å². The molecule has 0 rings (SSSR count). The summed E-state index contributed by atoms with van der Waals surface area (Å²) in [6.45, 7) is 4.53. The molecule has 0 fully saturated rings. The van der Waals surface area contributed by atoms with Crippen molar-refractivity contribution < 1.29 is 0 Å². The fraction of sp³-hybridized carbons (Fsp3) is 0.750. The second kappa shape index (κ2) is 10.1. The minimum atomic E-state index is 0. The van der Waals surface area contributed by atoms with Gasteiger partial charge in [0.15, 0.2) is 0 Å². The molecule has 0 aliphatic rings. The highest BCUT2D eigenvalue weighted by atomic mass is 35.5. The Balaban J connectivity index is -0.000000125. The van der Waals surface area contributed by atoms with Gasteiger partial charge in [0, 0.05) is 6.54 Å². The molecule has 0 aromatic rings. The Morgan fingerprint density at radius 2 is 1.88 bits per heavy atom. The summed E-state index contributed by atoms with van der Waals surface area (Å²) in [6, 6.07) is 0. The van der Waals surface area contributed by atoms with Gasteiger partial charge in [0.1, 0.15) is 0 Å². The number of rotatable bonds is 1. The molecule has 8 heavy (non-hydrogen) atoms. The molecule has 0 aliphatic heterocycles. The van der Waals surface area contributed by atoms with Crippen LogP contribution in [0.4, 0.5) is 0 Å². The van der Waals surface area contributed by atoms with E-state index in [2.05, 4.69) is 4.99 Å². The molecule has 0 aromatic carbocycles. The average Bonchev–Trinajstić information content (AvgIpc) is 1.35. The summed E-state index contributed by atoms with van der Waals surface area (Å²) >= 11 is 0. The molecule has 0 amide bonds. The first-order chi connectivity index (χ1) is 2.77. The van der Waals surface area contributed by atoms with Crippen LogP contribution in [0.15, 0.2) is 4.99 Å². The van der Waals surface area contributed by atoms with Crippen molar-refractivity contribution in [2.24, 2.45) is 10.7 Å². The van der Waals surface area contributed by atoms with Crippen molar-refractivity contribution >= 4 is 30.6 Å². The Bertz CT molecular complexity index is 59.1. The zero-order chi connectivity index (χ0) is 4.99. The van der Waals surface area contributed by atoms with E-state index in [9.17, 15) is 0 Å². The number of hydrogen-bond donors (Lipinski definition) is 1. The molecule has 0 spiro atoms. The van der Waals surface area contributed by atoms with Gasteiger partial charge in [0.05, 0.1) is 5.84 Å². The highest BCUT2D eigenvalue weighted by Crippen LogP contribution is 1.63. The van der Waals surface area contributed by atoms with Crippen molar-refractivity contribution in [3.8, 4) is 0 Å². The minimum absolute atomic E-state index is 0. The van der Waals surface area contributed by atoms with E-state index in [0.29, 0.717) is 5.84 Å². The van der Waals surface area contributed by atoms with Crippen LogP contribution in [-0.4, -0.2) is 12.4 Å². The quantitative estimate of drug-likeness (QED) is 0.453. The number of halogens is 2. The molecular weight excluding hydrogens is 147 g/mol. The van der Waals surface area contributed by atoms with Gasteiger partial charge in [-0.1, -0.05) is 0 Å². The monoisotopic (exact) mass is 158 g/mol. The first-order valence-electron chi connectivity index (χ1n) is 2.04. The summed E-state index contributed by atoms with van der Waals surface area (Å²) in [7, 11) is 0. The molecule has 52 valence electrons. The molecule has 2 nitrogen and oxygen atoms in total. The molecule has 0 saturated heterocycles. The molecule has 4 heteroatoms. The number of nitrogens with two attached hydrogens (primary N) is 1. The lowest BCUT2D eigenvalue weighted by Gasteiger charge is -1.81. The Hall–Kier alpha value is 0.0500. The average molecular weight is 159 g/mol. The predicted octanol–water partition coefficient (Wildman–Crippen LogP) is 1.23. The van der Waals surface area contributed by atoms with E-state index in [1.807, 2.05) is 6.92 Å². The first-order valence-corrected chi connectivity index (χ1v) is 2.04. The van der Waals surface area contributed by atoms with Gasteiger partial charge in [-0.05, 0) is 13.8 Å². The molecule has 0 unspecified atom stereocenters. The maximum absolute atomic E-state index is 5.15. The molecule has 0 bridgehead atoms. The standard InChI is InChI=1S/C4H10N2.2ClH/c1-3-6-4(2)5;;/h3H2,1-2H3,(H2,5,6);2*1H. The molecule has 2 N–H and O–H groups in total. The molecule has 0 heterocycles. The van der Waals surface area contributed by atoms with Crippen molar-refractivity contribution in [2.45, 2.75) is 13.8 Å². The summed E-state index contributed by atoms with van der Waals surface area (Å²) in [6.07, 6.45) is 0. The van der Waals surface area contributed by atoms with Gasteiger partial charge >= 0.3 is 0 Å². The van der Waals surface area contributed by atoms with Gasteiger partial charge < -0.3 is 5.73 Å². The Kier molecular flexibility index (Phi) is 19.8. The SMILES string of the molecule is CCN=C(C)N.Cl.Cl. The third-order valence-corrected chi connectivity index (χ3v) is 0.408. The van der Waals surface area contributed by atoms with Crippen LogP contribution < -0.4 is 5.73 Å². The maximum Gasteiger partial charge on any atom is 0.0905 e. The maximum atomic E-state index is 5.15. The van der Waals surface area contributed by atoms with Crippen LogP contribution in [0.1, 0.15) is 13.8 Å². The van der Waals surface area contributed by atoms with Crippen molar-refractivity contribution in [1.82, 2.24) is 0 Å². The van der Waals surface area contributed by atoms with E-state index in [1.54, 1.807) is 6.92 Å². The second-order valence-corrected chi connectivity index (χ2v) is 1.12. The van der Waals surface area contributed by atoms with Gasteiger partial charge in [-0.3, -0.25) is 4.99 Å². The van der Waals surface area contributed by atoms with Crippen molar-refractivity contribution in [1.29, 1.82) is 0 Å². The highest BCUT2D eigenvalue weighted by molar-refractivity contribution is 5.85. The summed E-state index contributed by atoms with van der Waals surface area (Å²) in [5.41, 5.74) is 5.15. The highest BCUT2D eigenvalue weighted by Gasteiger charge is 1.68. The topological polar surface area (TPSA) is 38.4 Å². The molecule has 0 saturated carbocycles. The zero-order valence-electron chi connectivity index (χ0n) is 5.05. The number of aliphatic imine (C=N–C) groups is 1. The second-order valence-electron chi connectivity index (χ2n) is 1.12. The Labute approximate surface area is 62.4 Å². The summed E-state index contributed by atoms with van der Waals surface area (Å²) in [5, 5.41) is 0. The number of hydrogen-bond acceptors (Lipinski definition) is 1. The zero-order valence-corrected chi connectivity index (χ0v) is 6.68. The predicted molar refractivity (Wildman–Crippen MR) is 42.3 cm³/mol. The van der Waals surface area contributed by atoms with Crippen LogP contribution in [-0.2, 0) is 0 Å². The molecular formula is C4H12Cl2N2. The summed E-state index contributed by atoms with van der Waals surface area (Å²) < 4.78 is 0. The van der Waals surface area contributed by atoms with Crippen LogP contribution in [0.25, 0.3) is 0 Å². The van der Waals surface area contributed by atoms with E-state index >= 15 is 0 Å². The van der Waals surface area contributed by atoms with Crippen LogP contribution in [0.5, 0.6) is 0 Å². The minimum Gasteiger partial charge on any atom is -0.388 e. The van der Waals surface area contributed by atoms with Crippen LogP contribution >= 0.6 is 24.8 Å². The largest absolute Gasteiger partial charge is 0.388 e. The van der Waals surface area contributed by atoms with E-state index in [4.69, 9.17) is 5.73 Å². The third kappa shape index (κ3) is 16.6. The fourth-order valence-electron chi connectivity index (χ4n) is 0.249. The van der Waals surface area contributed by atoms with Crippen LogP contribution in [0.2, 0.25) is 0 Å². The Morgan fingerprint density at radius 1 is 1.50 bits per heavy atom. The smallest absolute Gasteiger partial charge is 0.0905 e.